The van der Waals surface area contributed by atoms with E-state index >= 15 is 0 Å². The lowest BCUT2D eigenvalue weighted by atomic mass is 10.1. The van der Waals surface area contributed by atoms with Gasteiger partial charge in [-0.2, -0.15) is 11.3 Å². The maximum Gasteiger partial charge on any atom is 0.289 e. The molecular weight excluding hydrogens is 374 g/mol. The molecule has 28 heavy (non-hydrogen) atoms. The molecule has 5 heterocycles. The molecule has 1 saturated heterocycles. The quantitative estimate of drug-likeness (QED) is 0.535. The Morgan fingerprint density at radius 1 is 1.21 bits per heavy atom. The van der Waals surface area contributed by atoms with Crippen molar-refractivity contribution in [2.24, 2.45) is 0 Å². The SMILES string of the molecule is CN1CCN(C(=O)c2ccco2)C[C@H]1c1nnn2cc(-c3ccsc3)ccc12. The first-order valence-electron chi connectivity index (χ1n) is 9.11. The third-order valence-electron chi connectivity index (χ3n) is 5.28. The van der Waals surface area contributed by atoms with Gasteiger partial charge in [0, 0.05) is 31.4 Å². The first kappa shape index (κ1) is 17.2. The van der Waals surface area contributed by atoms with Gasteiger partial charge in [-0.3, -0.25) is 9.69 Å². The van der Waals surface area contributed by atoms with E-state index < -0.39 is 0 Å². The van der Waals surface area contributed by atoms with Crippen LogP contribution in [0.3, 0.4) is 0 Å². The van der Waals surface area contributed by atoms with Crippen molar-refractivity contribution in [3.63, 3.8) is 0 Å². The average molecular weight is 393 g/mol. The highest BCUT2D eigenvalue weighted by atomic mass is 32.1. The van der Waals surface area contributed by atoms with E-state index in [-0.39, 0.29) is 11.9 Å². The molecule has 0 bridgehead atoms. The molecule has 1 fully saturated rings. The zero-order chi connectivity index (χ0) is 19.1. The Labute approximate surface area is 165 Å². The van der Waals surface area contributed by atoms with Crippen LogP contribution in [0.2, 0.25) is 0 Å². The summed E-state index contributed by atoms with van der Waals surface area (Å²) in [6, 6.07) is 9.67. The number of carbonyl (C=O) groups is 1. The second-order valence-corrected chi connectivity index (χ2v) is 7.74. The molecule has 0 aromatic carbocycles. The number of likely N-dealkylation sites (N-methyl/N-ethyl adjacent to an activating group) is 1. The van der Waals surface area contributed by atoms with E-state index in [9.17, 15) is 4.79 Å². The maximum absolute atomic E-state index is 12.7. The third kappa shape index (κ3) is 2.90. The van der Waals surface area contributed by atoms with Crippen molar-refractivity contribution >= 4 is 22.8 Å². The van der Waals surface area contributed by atoms with Gasteiger partial charge in [-0.05, 0) is 47.6 Å². The van der Waals surface area contributed by atoms with Gasteiger partial charge in [0.05, 0.1) is 17.8 Å². The first-order chi connectivity index (χ1) is 13.7. The van der Waals surface area contributed by atoms with Crippen molar-refractivity contribution in [2.75, 3.05) is 26.7 Å². The number of nitrogens with zero attached hydrogens (tertiary/aromatic N) is 5. The van der Waals surface area contributed by atoms with Gasteiger partial charge in [-0.1, -0.05) is 11.3 Å². The van der Waals surface area contributed by atoms with Crippen LogP contribution in [-0.4, -0.2) is 57.2 Å². The predicted octanol–water partition coefficient (Wildman–Crippen LogP) is 3.18. The Morgan fingerprint density at radius 3 is 2.93 bits per heavy atom. The van der Waals surface area contributed by atoms with Crippen LogP contribution in [-0.2, 0) is 0 Å². The zero-order valence-corrected chi connectivity index (χ0v) is 16.2. The second kappa shape index (κ2) is 6.88. The molecule has 0 unspecified atom stereocenters. The number of amides is 1. The number of furan rings is 1. The van der Waals surface area contributed by atoms with E-state index in [1.54, 1.807) is 23.5 Å². The lowest BCUT2D eigenvalue weighted by Gasteiger charge is -2.38. The van der Waals surface area contributed by atoms with Crippen LogP contribution < -0.4 is 0 Å². The minimum atomic E-state index is -0.0840. The van der Waals surface area contributed by atoms with Crippen LogP contribution in [0, 0.1) is 0 Å². The average Bonchev–Trinajstić information content (AvgIpc) is 3.48. The lowest BCUT2D eigenvalue weighted by molar-refractivity contribution is 0.0513. The van der Waals surface area contributed by atoms with Crippen molar-refractivity contribution in [1.29, 1.82) is 0 Å². The number of fused-ring (bicyclic) bond motifs is 1. The summed E-state index contributed by atoms with van der Waals surface area (Å²) < 4.78 is 7.11. The fourth-order valence-electron chi connectivity index (χ4n) is 3.66. The molecular formula is C20H19N5O2S. The van der Waals surface area contributed by atoms with Crippen molar-refractivity contribution in [1.82, 2.24) is 24.6 Å². The molecule has 1 aliphatic rings. The van der Waals surface area contributed by atoms with E-state index in [0.29, 0.717) is 18.8 Å². The number of pyridine rings is 1. The molecule has 142 valence electrons. The topological polar surface area (TPSA) is 66.9 Å². The summed E-state index contributed by atoms with van der Waals surface area (Å²) in [7, 11) is 2.06. The van der Waals surface area contributed by atoms with Gasteiger partial charge in [0.1, 0.15) is 5.69 Å². The smallest absolute Gasteiger partial charge is 0.289 e. The number of thiophene rings is 1. The number of hydrogen-bond acceptors (Lipinski definition) is 6. The summed E-state index contributed by atoms with van der Waals surface area (Å²) in [6.07, 6.45) is 3.53. The Bertz CT molecular complexity index is 1100. The maximum atomic E-state index is 12.7. The van der Waals surface area contributed by atoms with Crippen molar-refractivity contribution in [3.05, 3.63) is 65.0 Å². The molecule has 0 radical (unpaired) electrons. The summed E-state index contributed by atoms with van der Waals surface area (Å²) in [6.45, 7) is 1.98. The number of rotatable bonds is 3. The number of aromatic nitrogens is 3. The number of hydrogen-bond donors (Lipinski definition) is 0. The highest BCUT2D eigenvalue weighted by Crippen LogP contribution is 2.29. The minimum absolute atomic E-state index is 0.0165. The van der Waals surface area contributed by atoms with Crippen molar-refractivity contribution in [2.45, 2.75) is 6.04 Å². The van der Waals surface area contributed by atoms with Crippen LogP contribution in [0.1, 0.15) is 22.3 Å². The Hall–Kier alpha value is -2.97. The molecule has 8 heteroatoms. The predicted molar refractivity (Wildman–Crippen MR) is 106 cm³/mol. The molecule has 5 rings (SSSR count). The van der Waals surface area contributed by atoms with E-state index in [2.05, 4.69) is 51.2 Å². The molecule has 1 aliphatic heterocycles. The third-order valence-corrected chi connectivity index (χ3v) is 5.96. The zero-order valence-electron chi connectivity index (χ0n) is 15.4. The highest BCUT2D eigenvalue weighted by molar-refractivity contribution is 7.08. The summed E-state index contributed by atoms with van der Waals surface area (Å²) in [5.74, 6) is 0.288. The Morgan fingerprint density at radius 2 is 2.14 bits per heavy atom. The van der Waals surface area contributed by atoms with Crippen molar-refractivity contribution in [3.8, 4) is 11.1 Å². The van der Waals surface area contributed by atoms with E-state index in [1.165, 1.54) is 11.8 Å². The monoisotopic (exact) mass is 393 g/mol. The van der Waals surface area contributed by atoms with Crippen molar-refractivity contribution < 1.29 is 9.21 Å². The van der Waals surface area contributed by atoms with Gasteiger partial charge in [0.2, 0.25) is 0 Å². The molecule has 1 atom stereocenters. The van der Waals surface area contributed by atoms with Gasteiger partial charge in [-0.25, -0.2) is 4.52 Å². The van der Waals surface area contributed by atoms with Crippen LogP contribution >= 0.6 is 11.3 Å². The van der Waals surface area contributed by atoms with Gasteiger partial charge in [0.25, 0.3) is 5.91 Å². The van der Waals surface area contributed by atoms with E-state index in [1.807, 2.05) is 15.6 Å². The highest BCUT2D eigenvalue weighted by Gasteiger charge is 2.32. The molecule has 7 nitrogen and oxygen atoms in total. The molecule has 0 spiro atoms. The minimum Gasteiger partial charge on any atom is -0.459 e. The molecule has 0 aliphatic carbocycles. The van der Waals surface area contributed by atoms with Gasteiger partial charge < -0.3 is 9.32 Å². The standard InChI is InChI=1S/C20H19N5O2S/c1-23-7-8-24(20(26)18-3-2-9-27-18)12-17(23)19-16-5-4-14(11-25(16)22-21-19)15-6-10-28-13-15/h2-6,9-11,13,17H,7-8,12H2,1H3/t17-/m0/s1. The molecule has 4 aromatic heterocycles. The van der Waals surface area contributed by atoms with Gasteiger partial charge in [-0.15, -0.1) is 5.10 Å². The lowest BCUT2D eigenvalue weighted by Crippen LogP contribution is -2.49. The van der Waals surface area contributed by atoms with Crippen LogP contribution in [0.4, 0.5) is 0 Å². The molecule has 0 saturated carbocycles. The fraction of sp³-hybridized carbons (Fsp3) is 0.250. The summed E-state index contributed by atoms with van der Waals surface area (Å²) in [4.78, 5) is 16.7. The Balaban J connectivity index is 1.45. The van der Waals surface area contributed by atoms with Crippen LogP contribution in [0.5, 0.6) is 0 Å². The normalized spacial score (nSPS) is 18.0. The molecule has 4 aromatic rings. The van der Waals surface area contributed by atoms with E-state index in [0.717, 1.165) is 23.3 Å². The molecule has 1 amide bonds. The van der Waals surface area contributed by atoms with Crippen LogP contribution in [0.15, 0.2) is 58.0 Å². The fourth-order valence-corrected chi connectivity index (χ4v) is 4.33. The summed E-state index contributed by atoms with van der Waals surface area (Å²) >= 11 is 1.67. The van der Waals surface area contributed by atoms with Crippen LogP contribution in [0.25, 0.3) is 16.6 Å². The largest absolute Gasteiger partial charge is 0.459 e. The number of carbonyl (C=O) groups excluding carboxylic acids is 1. The first-order valence-corrected chi connectivity index (χ1v) is 10.1. The van der Waals surface area contributed by atoms with Gasteiger partial charge >= 0.3 is 0 Å². The Kier molecular flexibility index (Phi) is 4.22. The number of piperazine rings is 1. The van der Waals surface area contributed by atoms with E-state index in [4.69, 9.17) is 4.42 Å². The second-order valence-electron chi connectivity index (χ2n) is 6.96. The summed E-state index contributed by atoms with van der Waals surface area (Å²) in [5.41, 5.74) is 4.13. The summed E-state index contributed by atoms with van der Waals surface area (Å²) in [5, 5.41) is 13.0. The van der Waals surface area contributed by atoms with Gasteiger partial charge in [0.15, 0.2) is 5.76 Å². The molecule has 0 N–H and O–H groups in total.